The van der Waals surface area contributed by atoms with Crippen LogP contribution in [-0.2, 0) is 13.0 Å². The Bertz CT molecular complexity index is 524. The molecule has 0 unspecified atom stereocenters. The first kappa shape index (κ1) is 15.8. The van der Waals surface area contributed by atoms with E-state index < -0.39 is 0 Å². The molecule has 0 aliphatic rings. The fourth-order valence-electron chi connectivity index (χ4n) is 2.53. The predicted octanol–water partition coefficient (Wildman–Crippen LogP) is 2.64. The average Bonchev–Trinajstić information content (AvgIpc) is 3.11. The number of aromatic nitrogens is 4. The van der Waals surface area contributed by atoms with Gasteiger partial charge in [-0.15, -0.1) is 0 Å². The molecule has 0 saturated heterocycles. The van der Waals surface area contributed by atoms with E-state index in [1.807, 2.05) is 6.33 Å². The van der Waals surface area contributed by atoms with Crippen LogP contribution in [0.3, 0.4) is 0 Å². The molecule has 5 nitrogen and oxygen atoms in total. The molecule has 0 aliphatic heterocycles. The Balaban J connectivity index is 1.92. The van der Waals surface area contributed by atoms with Gasteiger partial charge in [0.2, 0.25) is 0 Å². The standard InChI is InChI=1S/C16H27N5/c1-4-16(5-2)21-10-8-15(19-21)12-20-11-14(18-13-20)7-9-17-6-3/h8,10-11,13,16-17H,4-7,9,12H2,1-3H3. The Morgan fingerprint density at radius 3 is 2.71 bits per heavy atom. The summed E-state index contributed by atoms with van der Waals surface area (Å²) in [6.45, 7) is 9.32. The Hall–Kier alpha value is -1.62. The number of hydrogen-bond acceptors (Lipinski definition) is 3. The molecule has 0 radical (unpaired) electrons. The first-order valence-corrected chi connectivity index (χ1v) is 8.02. The summed E-state index contributed by atoms with van der Waals surface area (Å²) in [5.74, 6) is 0. The van der Waals surface area contributed by atoms with Crippen molar-refractivity contribution in [1.29, 1.82) is 0 Å². The summed E-state index contributed by atoms with van der Waals surface area (Å²) in [5.41, 5.74) is 2.23. The number of hydrogen-bond donors (Lipinski definition) is 1. The zero-order chi connectivity index (χ0) is 15.1. The van der Waals surface area contributed by atoms with E-state index >= 15 is 0 Å². The van der Waals surface area contributed by atoms with E-state index in [1.165, 1.54) is 0 Å². The van der Waals surface area contributed by atoms with Crippen LogP contribution in [0.2, 0.25) is 0 Å². The number of nitrogens with zero attached hydrogens (tertiary/aromatic N) is 4. The van der Waals surface area contributed by atoms with Crippen LogP contribution in [0.15, 0.2) is 24.8 Å². The summed E-state index contributed by atoms with van der Waals surface area (Å²) in [7, 11) is 0. The predicted molar refractivity (Wildman–Crippen MR) is 85.4 cm³/mol. The molecule has 1 N–H and O–H groups in total. The highest BCUT2D eigenvalue weighted by Gasteiger charge is 2.08. The van der Waals surface area contributed by atoms with Gasteiger partial charge in [-0.3, -0.25) is 4.68 Å². The summed E-state index contributed by atoms with van der Waals surface area (Å²) in [4.78, 5) is 4.45. The molecule has 2 heterocycles. The molecular formula is C16H27N5. The summed E-state index contributed by atoms with van der Waals surface area (Å²) >= 11 is 0. The van der Waals surface area contributed by atoms with Gasteiger partial charge in [0, 0.05) is 25.4 Å². The summed E-state index contributed by atoms with van der Waals surface area (Å²) < 4.78 is 4.21. The lowest BCUT2D eigenvalue weighted by Crippen LogP contribution is -2.16. The van der Waals surface area contributed by atoms with Crippen LogP contribution in [0, 0.1) is 0 Å². The first-order valence-electron chi connectivity index (χ1n) is 8.02. The zero-order valence-electron chi connectivity index (χ0n) is 13.4. The van der Waals surface area contributed by atoms with E-state index in [1.54, 1.807) is 0 Å². The maximum atomic E-state index is 4.69. The lowest BCUT2D eigenvalue weighted by atomic mass is 10.2. The molecule has 116 valence electrons. The van der Waals surface area contributed by atoms with Gasteiger partial charge in [0.15, 0.2) is 0 Å². The zero-order valence-corrected chi connectivity index (χ0v) is 13.4. The molecule has 0 spiro atoms. The molecule has 21 heavy (non-hydrogen) atoms. The first-order chi connectivity index (χ1) is 10.3. The molecular weight excluding hydrogens is 262 g/mol. The molecule has 2 aromatic heterocycles. The van der Waals surface area contributed by atoms with Gasteiger partial charge in [-0.2, -0.15) is 5.10 Å². The molecule has 5 heteroatoms. The van der Waals surface area contributed by atoms with Crippen LogP contribution in [0.4, 0.5) is 0 Å². The maximum Gasteiger partial charge on any atom is 0.0953 e. The highest BCUT2D eigenvalue weighted by Crippen LogP contribution is 2.14. The monoisotopic (exact) mass is 289 g/mol. The van der Waals surface area contributed by atoms with Crippen LogP contribution in [0.5, 0.6) is 0 Å². The molecule has 0 fully saturated rings. The van der Waals surface area contributed by atoms with Gasteiger partial charge in [-0.05, 0) is 25.5 Å². The van der Waals surface area contributed by atoms with Gasteiger partial charge in [0.05, 0.1) is 30.3 Å². The molecule has 0 aliphatic carbocycles. The van der Waals surface area contributed by atoms with Gasteiger partial charge in [0.25, 0.3) is 0 Å². The average molecular weight is 289 g/mol. The molecule has 2 aromatic rings. The van der Waals surface area contributed by atoms with E-state index in [4.69, 9.17) is 0 Å². The van der Waals surface area contributed by atoms with Crippen molar-refractivity contribution in [3.63, 3.8) is 0 Å². The summed E-state index contributed by atoms with van der Waals surface area (Å²) in [5, 5.41) is 8.01. The van der Waals surface area contributed by atoms with E-state index in [0.717, 1.165) is 50.3 Å². The van der Waals surface area contributed by atoms with Crippen LogP contribution < -0.4 is 5.32 Å². The summed E-state index contributed by atoms with van der Waals surface area (Å²) in [6.07, 6.45) is 9.33. The van der Waals surface area contributed by atoms with E-state index in [-0.39, 0.29) is 0 Å². The van der Waals surface area contributed by atoms with E-state index in [9.17, 15) is 0 Å². The molecule has 2 rings (SSSR count). The Morgan fingerprint density at radius 2 is 2.00 bits per heavy atom. The van der Waals surface area contributed by atoms with Crippen molar-refractivity contribution in [2.75, 3.05) is 13.1 Å². The van der Waals surface area contributed by atoms with Gasteiger partial charge < -0.3 is 9.88 Å². The largest absolute Gasteiger partial charge is 0.331 e. The lowest BCUT2D eigenvalue weighted by molar-refractivity contribution is 0.424. The Labute approximate surface area is 127 Å². The normalized spacial score (nSPS) is 11.4. The lowest BCUT2D eigenvalue weighted by Gasteiger charge is -2.12. The minimum atomic E-state index is 0.511. The van der Waals surface area contributed by atoms with Crippen molar-refractivity contribution in [3.8, 4) is 0 Å². The number of imidazole rings is 1. The third-order valence-electron chi connectivity index (χ3n) is 3.82. The van der Waals surface area contributed by atoms with E-state index in [0.29, 0.717) is 6.04 Å². The third kappa shape index (κ3) is 4.43. The van der Waals surface area contributed by atoms with Crippen LogP contribution in [0.1, 0.15) is 51.0 Å². The van der Waals surface area contributed by atoms with Crippen molar-refractivity contribution in [1.82, 2.24) is 24.6 Å². The van der Waals surface area contributed by atoms with Crippen molar-refractivity contribution in [2.24, 2.45) is 0 Å². The van der Waals surface area contributed by atoms with Crippen molar-refractivity contribution in [3.05, 3.63) is 36.2 Å². The van der Waals surface area contributed by atoms with Gasteiger partial charge >= 0.3 is 0 Å². The molecule has 0 amide bonds. The highest BCUT2D eigenvalue weighted by atomic mass is 15.3. The number of nitrogens with one attached hydrogen (secondary N) is 1. The van der Waals surface area contributed by atoms with Crippen LogP contribution >= 0.6 is 0 Å². The second kappa shape index (κ2) is 7.98. The SMILES string of the molecule is CCNCCc1cn(Cc2ccn(C(CC)CC)n2)cn1. The van der Waals surface area contributed by atoms with Gasteiger partial charge in [0.1, 0.15) is 0 Å². The molecule has 0 saturated carbocycles. The fourth-order valence-corrected chi connectivity index (χ4v) is 2.53. The van der Waals surface area contributed by atoms with Crippen molar-refractivity contribution >= 4 is 0 Å². The fraction of sp³-hybridized carbons (Fsp3) is 0.625. The Kier molecular flexibility index (Phi) is 5.99. The van der Waals surface area contributed by atoms with Gasteiger partial charge in [-0.25, -0.2) is 4.98 Å². The molecule has 0 aromatic carbocycles. The number of likely N-dealkylation sites (N-methyl/N-ethyl adjacent to an activating group) is 1. The quantitative estimate of drug-likeness (QED) is 0.722. The van der Waals surface area contributed by atoms with E-state index in [2.05, 4.69) is 63.9 Å². The molecule has 0 bridgehead atoms. The van der Waals surface area contributed by atoms with Crippen molar-refractivity contribution in [2.45, 2.75) is 52.6 Å². The number of rotatable bonds is 9. The second-order valence-electron chi connectivity index (χ2n) is 5.40. The third-order valence-corrected chi connectivity index (χ3v) is 3.82. The smallest absolute Gasteiger partial charge is 0.0953 e. The van der Waals surface area contributed by atoms with Crippen LogP contribution in [-0.4, -0.2) is 32.4 Å². The van der Waals surface area contributed by atoms with Crippen molar-refractivity contribution < 1.29 is 0 Å². The maximum absolute atomic E-state index is 4.69. The second-order valence-corrected chi connectivity index (χ2v) is 5.40. The van der Waals surface area contributed by atoms with Gasteiger partial charge in [-0.1, -0.05) is 20.8 Å². The van der Waals surface area contributed by atoms with Crippen LogP contribution in [0.25, 0.3) is 0 Å². The minimum Gasteiger partial charge on any atom is -0.331 e. The highest BCUT2D eigenvalue weighted by molar-refractivity contribution is 5.04. The summed E-state index contributed by atoms with van der Waals surface area (Å²) in [6, 6.07) is 2.62. The molecule has 0 atom stereocenters. The Morgan fingerprint density at radius 1 is 1.19 bits per heavy atom. The topological polar surface area (TPSA) is 47.7 Å². The minimum absolute atomic E-state index is 0.511.